The van der Waals surface area contributed by atoms with Crippen molar-refractivity contribution < 1.29 is 19.5 Å². The van der Waals surface area contributed by atoms with Gasteiger partial charge in [0.15, 0.2) is 0 Å². The van der Waals surface area contributed by atoms with Gasteiger partial charge in [-0.05, 0) is 25.0 Å². The van der Waals surface area contributed by atoms with Gasteiger partial charge in [0.25, 0.3) is 5.91 Å². The van der Waals surface area contributed by atoms with Gasteiger partial charge in [-0.3, -0.25) is 14.6 Å². The summed E-state index contributed by atoms with van der Waals surface area (Å²) in [5, 5.41) is 14.0. The molecule has 0 saturated carbocycles. The summed E-state index contributed by atoms with van der Waals surface area (Å²) in [5.74, 6) is -1.74. The number of aliphatic carboxylic acids is 1. The van der Waals surface area contributed by atoms with Gasteiger partial charge >= 0.3 is 5.97 Å². The normalized spacial score (nSPS) is 18.3. The van der Waals surface area contributed by atoms with E-state index in [2.05, 4.69) is 15.6 Å². The number of carboxylic acids is 1. The molecule has 2 amide bonds. The second-order valence-corrected chi connectivity index (χ2v) is 4.59. The minimum atomic E-state index is -1.11. The van der Waals surface area contributed by atoms with Crippen LogP contribution in [0.3, 0.4) is 0 Å². The highest BCUT2D eigenvalue weighted by molar-refractivity contribution is 6.01. The average molecular weight is 289 g/mol. The molecule has 2 heterocycles. The third kappa shape index (κ3) is 3.88. The van der Waals surface area contributed by atoms with Gasteiger partial charge in [-0.2, -0.15) is 0 Å². The average Bonchev–Trinajstić information content (AvgIpc) is 2.47. The zero-order valence-electron chi connectivity index (χ0n) is 11.2. The van der Waals surface area contributed by atoms with Crippen LogP contribution >= 0.6 is 0 Å². The summed E-state index contributed by atoms with van der Waals surface area (Å²) in [4.78, 5) is 38.3. The number of carbonyl (C=O) groups excluding carboxylic acids is 2. The molecule has 1 aromatic rings. The summed E-state index contributed by atoms with van der Waals surface area (Å²) < 4.78 is 0. The van der Waals surface area contributed by atoms with Crippen molar-refractivity contribution in [3.8, 4) is 0 Å². The first-order chi connectivity index (χ1) is 10.1. The van der Waals surface area contributed by atoms with E-state index in [1.165, 1.54) is 24.5 Å². The number of carboxylic acid groups (broad SMARTS) is 1. The number of hydrogen-bond acceptors (Lipinski definition) is 4. The molecule has 0 spiro atoms. The van der Waals surface area contributed by atoms with Crippen LogP contribution in [0.25, 0.3) is 6.08 Å². The van der Waals surface area contributed by atoms with Crippen LogP contribution in [0, 0.1) is 0 Å². The van der Waals surface area contributed by atoms with Crippen LogP contribution in [0.5, 0.6) is 0 Å². The molecular formula is C14H15N3O4. The molecular weight excluding hydrogens is 274 g/mol. The second kappa shape index (κ2) is 6.65. The molecule has 1 saturated heterocycles. The number of piperidine rings is 1. The predicted molar refractivity (Wildman–Crippen MR) is 74.4 cm³/mol. The van der Waals surface area contributed by atoms with Gasteiger partial charge in [-0.25, -0.2) is 4.79 Å². The summed E-state index contributed by atoms with van der Waals surface area (Å²) in [5.41, 5.74) is 0.662. The standard InChI is InChI=1S/C14H15N3O4/c18-12(19)4-3-9-8-15-7-5-10(9)13(20)17-11-2-1-6-16-14(11)21/h3-5,7-8,11H,1-2,6H2,(H,16,21)(H,17,20)(H,18,19). The molecule has 0 aliphatic carbocycles. The minimum absolute atomic E-state index is 0.203. The molecule has 1 atom stereocenters. The van der Waals surface area contributed by atoms with E-state index >= 15 is 0 Å². The smallest absolute Gasteiger partial charge is 0.328 e. The van der Waals surface area contributed by atoms with Crippen molar-refractivity contribution in [3.63, 3.8) is 0 Å². The molecule has 7 nitrogen and oxygen atoms in total. The molecule has 7 heteroatoms. The van der Waals surface area contributed by atoms with E-state index in [1.807, 2.05) is 0 Å². The summed E-state index contributed by atoms with van der Waals surface area (Å²) in [7, 11) is 0. The highest BCUT2D eigenvalue weighted by atomic mass is 16.4. The molecule has 0 radical (unpaired) electrons. The van der Waals surface area contributed by atoms with Crippen molar-refractivity contribution in [2.45, 2.75) is 18.9 Å². The summed E-state index contributed by atoms with van der Waals surface area (Å²) >= 11 is 0. The van der Waals surface area contributed by atoms with Crippen LogP contribution in [0.1, 0.15) is 28.8 Å². The van der Waals surface area contributed by atoms with E-state index in [9.17, 15) is 14.4 Å². The number of pyridine rings is 1. The maximum absolute atomic E-state index is 12.2. The highest BCUT2D eigenvalue weighted by Crippen LogP contribution is 2.11. The first-order valence-corrected chi connectivity index (χ1v) is 6.51. The Morgan fingerprint density at radius 3 is 3.00 bits per heavy atom. The Morgan fingerprint density at radius 1 is 1.48 bits per heavy atom. The van der Waals surface area contributed by atoms with Crippen LogP contribution in [0.2, 0.25) is 0 Å². The maximum Gasteiger partial charge on any atom is 0.328 e. The second-order valence-electron chi connectivity index (χ2n) is 4.59. The lowest BCUT2D eigenvalue weighted by atomic mass is 10.0. The van der Waals surface area contributed by atoms with Gasteiger partial charge in [-0.1, -0.05) is 0 Å². The van der Waals surface area contributed by atoms with E-state index in [0.29, 0.717) is 18.5 Å². The minimum Gasteiger partial charge on any atom is -0.478 e. The molecule has 1 unspecified atom stereocenters. The molecule has 3 N–H and O–H groups in total. The number of aromatic nitrogens is 1. The number of nitrogens with zero attached hydrogens (tertiary/aromatic N) is 1. The van der Waals surface area contributed by atoms with Crippen LogP contribution < -0.4 is 10.6 Å². The molecule has 1 aromatic heterocycles. The Bertz CT molecular complexity index is 598. The summed E-state index contributed by atoms with van der Waals surface area (Å²) in [6.07, 6.45) is 6.46. The lowest BCUT2D eigenvalue weighted by Crippen LogP contribution is -2.50. The number of rotatable bonds is 4. The molecule has 1 fully saturated rings. The first-order valence-electron chi connectivity index (χ1n) is 6.51. The van der Waals surface area contributed by atoms with E-state index in [0.717, 1.165) is 12.5 Å². The molecule has 110 valence electrons. The molecule has 1 aliphatic heterocycles. The van der Waals surface area contributed by atoms with E-state index in [1.54, 1.807) is 0 Å². The monoisotopic (exact) mass is 289 g/mol. The number of amides is 2. The predicted octanol–water partition coefficient (Wildman–Crippen LogP) is 0.188. The van der Waals surface area contributed by atoms with Gasteiger partial charge in [0.2, 0.25) is 5.91 Å². The summed E-state index contributed by atoms with van der Waals surface area (Å²) in [6.45, 7) is 0.618. The Hall–Kier alpha value is -2.70. The van der Waals surface area contributed by atoms with Crippen LogP contribution in [0.15, 0.2) is 24.5 Å². The van der Waals surface area contributed by atoms with Gasteiger partial charge < -0.3 is 15.7 Å². The first kappa shape index (κ1) is 14.7. The van der Waals surface area contributed by atoms with Crippen LogP contribution in [-0.2, 0) is 9.59 Å². The lowest BCUT2D eigenvalue weighted by Gasteiger charge is -2.23. The molecule has 21 heavy (non-hydrogen) atoms. The zero-order valence-corrected chi connectivity index (χ0v) is 11.2. The fourth-order valence-corrected chi connectivity index (χ4v) is 2.05. The highest BCUT2D eigenvalue weighted by Gasteiger charge is 2.24. The summed E-state index contributed by atoms with van der Waals surface area (Å²) in [6, 6.07) is 0.924. The van der Waals surface area contributed by atoms with Crippen molar-refractivity contribution in [2.75, 3.05) is 6.54 Å². The van der Waals surface area contributed by atoms with E-state index < -0.39 is 17.9 Å². The van der Waals surface area contributed by atoms with E-state index in [4.69, 9.17) is 5.11 Å². The topological polar surface area (TPSA) is 108 Å². The van der Waals surface area contributed by atoms with Gasteiger partial charge in [0.05, 0.1) is 0 Å². The van der Waals surface area contributed by atoms with E-state index in [-0.39, 0.29) is 11.5 Å². The molecule has 0 aromatic carbocycles. The van der Waals surface area contributed by atoms with Gasteiger partial charge in [-0.15, -0.1) is 0 Å². The largest absolute Gasteiger partial charge is 0.478 e. The van der Waals surface area contributed by atoms with Crippen LogP contribution in [-0.4, -0.2) is 40.5 Å². The molecule has 2 rings (SSSR count). The Balaban J connectivity index is 2.15. The molecule has 1 aliphatic rings. The maximum atomic E-state index is 12.2. The lowest BCUT2D eigenvalue weighted by molar-refractivity contribution is -0.131. The SMILES string of the molecule is O=C(O)C=Cc1cnccc1C(=O)NC1CCCNC1=O. The van der Waals surface area contributed by atoms with Gasteiger partial charge in [0, 0.05) is 36.1 Å². The van der Waals surface area contributed by atoms with Crippen molar-refractivity contribution in [2.24, 2.45) is 0 Å². The van der Waals surface area contributed by atoms with Crippen LogP contribution in [0.4, 0.5) is 0 Å². The van der Waals surface area contributed by atoms with Crippen molar-refractivity contribution in [3.05, 3.63) is 35.7 Å². The fraction of sp³-hybridized carbons (Fsp3) is 0.286. The Labute approximate surface area is 121 Å². The number of hydrogen-bond donors (Lipinski definition) is 3. The molecule has 0 bridgehead atoms. The van der Waals surface area contributed by atoms with Crippen molar-refractivity contribution in [1.29, 1.82) is 0 Å². The number of carbonyl (C=O) groups is 3. The third-order valence-corrected chi connectivity index (χ3v) is 3.09. The van der Waals surface area contributed by atoms with Crippen molar-refractivity contribution in [1.82, 2.24) is 15.6 Å². The zero-order chi connectivity index (χ0) is 15.2. The Kier molecular flexibility index (Phi) is 4.65. The van der Waals surface area contributed by atoms with Crippen molar-refractivity contribution >= 4 is 23.9 Å². The third-order valence-electron chi connectivity index (χ3n) is 3.09. The van der Waals surface area contributed by atoms with Gasteiger partial charge in [0.1, 0.15) is 6.04 Å². The Morgan fingerprint density at radius 2 is 2.29 bits per heavy atom. The fourth-order valence-electron chi connectivity index (χ4n) is 2.05. The number of nitrogens with one attached hydrogen (secondary N) is 2. The quantitative estimate of drug-likeness (QED) is 0.686.